The van der Waals surface area contributed by atoms with Gasteiger partial charge in [-0.2, -0.15) is 0 Å². The van der Waals surface area contributed by atoms with E-state index >= 15 is 0 Å². The first kappa shape index (κ1) is 13.9. The van der Waals surface area contributed by atoms with Gasteiger partial charge in [-0.3, -0.25) is 0 Å². The summed E-state index contributed by atoms with van der Waals surface area (Å²) in [5.74, 6) is 0. The van der Waals surface area contributed by atoms with Gasteiger partial charge < -0.3 is 10.6 Å². The van der Waals surface area contributed by atoms with Crippen LogP contribution in [0.3, 0.4) is 0 Å². The van der Waals surface area contributed by atoms with Gasteiger partial charge in [0.25, 0.3) is 0 Å². The quantitative estimate of drug-likeness (QED) is 0.855. The van der Waals surface area contributed by atoms with Gasteiger partial charge in [0.05, 0.1) is 6.04 Å². The molecule has 1 aromatic carbocycles. The maximum atomic E-state index is 11.9. The van der Waals surface area contributed by atoms with Gasteiger partial charge >= 0.3 is 6.03 Å². The summed E-state index contributed by atoms with van der Waals surface area (Å²) in [5.41, 5.74) is 2.38. The van der Waals surface area contributed by atoms with Crippen LogP contribution in [0.2, 0.25) is 0 Å². The lowest BCUT2D eigenvalue weighted by Crippen LogP contribution is -2.43. The van der Waals surface area contributed by atoms with E-state index in [0.29, 0.717) is 6.04 Å². The SMILES string of the molecule is Cc1ccc([C@H](C)NC(=O)NC2CCCCC2)cc1. The summed E-state index contributed by atoms with van der Waals surface area (Å²) in [6.07, 6.45) is 6.01. The molecule has 19 heavy (non-hydrogen) atoms. The topological polar surface area (TPSA) is 41.1 Å². The summed E-state index contributed by atoms with van der Waals surface area (Å²) in [4.78, 5) is 11.9. The van der Waals surface area contributed by atoms with Crippen LogP contribution in [0.25, 0.3) is 0 Å². The second-order valence-electron chi connectivity index (χ2n) is 5.59. The van der Waals surface area contributed by atoms with Crippen molar-refractivity contribution in [3.8, 4) is 0 Å². The van der Waals surface area contributed by atoms with Crippen molar-refractivity contribution in [2.75, 3.05) is 0 Å². The van der Waals surface area contributed by atoms with Crippen molar-refractivity contribution in [2.24, 2.45) is 0 Å². The lowest BCUT2D eigenvalue weighted by Gasteiger charge is -2.24. The van der Waals surface area contributed by atoms with Crippen LogP contribution in [0, 0.1) is 6.92 Å². The zero-order valence-corrected chi connectivity index (χ0v) is 11.9. The monoisotopic (exact) mass is 260 g/mol. The van der Waals surface area contributed by atoms with Crippen LogP contribution >= 0.6 is 0 Å². The molecular weight excluding hydrogens is 236 g/mol. The van der Waals surface area contributed by atoms with Crippen LogP contribution in [0.1, 0.15) is 56.2 Å². The number of aryl methyl sites for hydroxylation is 1. The fourth-order valence-corrected chi connectivity index (χ4v) is 2.61. The van der Waals surface area contributed by atoms with Crippen molar-refractivity contribution in [1.82, 2.24) is 10.6 Å². The van der Waals surface area contributed by atoms with E-state index in [1.165, 1.54) is 24.8 Å². The third kappa shape index (κ3) is 4.27. The van der Waals surface area contributed by atoms with Gasteiger partial charge in [-0.05, 0) is 32.3 Å². The first-order chi connectivity index (χ1) is 9.15. The van der Waals surface area contributed by atoms with Crippen molar-refractivity contribution in [2.45, 2.75) is 58.0 Å². The van der Waals surface area contributed by atoms with Crippen LogP contribution in [-0.4, -0.2) is 12.1 Å². The number of rotatable bonds is 3. The van der Waals surface area contributed by atoms with E-state index in [9.17, 15) is 4.79 Å². The number of benzene rings is 1. The summed E-state index contributed by atoms with van der Waals surface area (Å²) in [6, 6.07) is 8.66. The van der Waals surface area contributed by atoms with E-state index in [1.54, 1.807) is 0 Å². The Balaban J connectivity index is 1.82. The Bertz CT molecular complexity index is 407. The summed E-state index contributed by atoms with van der Waals surface area (Å²) in [7, 11) is 0. The molecule has 1 fully saturated rings. The average molecular weight is 260 g/mol. The minimum absolute atomic E-state index is 0.0417. The molecule has 1 atom stereocenters. The highest BCUT2D eigenvalue weighted by atomic mass is 16.2. The maximum absolute atomic E-state index is 11.9. The Morgan fingerprint density at radius 3 is 2.42 bits per heavy atom. The first-order valence-corrected chi connectivity index (χ1v) is 7.29. The summed E-state index contributed by atoms with van der Waals surface area (Å²) in [6.45, 7) is 4.09. The molecule has 3 heteroatoms. The summed E-state index contributed by atoms with van der Waals surface area (Å²) < 4.78 is 0. The molecule has 104 valence electrons. The van der Waals surface area contributed by atoms with Gasteiger partial charge in [0.15, 0.2) is 0 Å². The molecule has 1 aliphatic carbocycles. The summed E-state index contributed by atoms with van der Waals surface area (Å²) in [5, 5.41) is 6.09. The third-order valence-electron chi connectivity index (χ3n) is 3.87. The number of hydrogen-bond acceptors (Lipinski definition) is 1. The van der Waals surface area contributed by atoms with Gasteiger partial charge in [-0.15, -0.1) is 0 Å². The van der Waals surface area contributed by atoms with Gasteiger partial charge in [0.2, 0.25) is 0 Å². The molecule has 0 saturated heterocycles. The molecule has 1 saturated carbocycles. The van der Waals surface area contributed by atoms with Crippen molar-refractivity contribution in [3.05, 3.63) is 35.4 Å². The molecule has 1 aliphatic rings. The Kier molecular flexibility index (Phi) is 4.83. The van der Waals surface area contributed by atoms with Crippen LogP contribution in [0.4, 0.5) is 4.79 Å². The Labute approximate surface area is 115 Å². The molecule has 2 N–H and O–H groups in total. The van der Waals surface area contributed by atoms with Gasteiger partial charge in [0.1, 0.15) is 0 Å². The molecule has 3 nitrogen and oxygen atoms in total. The number of carbonyl (C=O) groups excluding carboxylic acids is 1. The minimum Gasteiger partial charge on any atom is -0.335 e. The Morgan fingerprint density at radius 1 is 1.16 bits per heavy atom. The van der Waals surface area contributed by atoms with E-state index in [0.717, 1.165) is 18.4 Å². The highest BCUT2D eigenvalue weighted by molar-refractivity contribution is 5.74. The summed E-state index contributed by atoms with van der Waals surface area (Å²) >= 11 is 0. The zero-order chi connectivity index (χ0) is 13.7. The van der Waals surface area contributed by atoms with Crippen molar-refractivity contribution < 1.29 is 4.79 Å². The Hall–Kier alpha value is -1.51. The van der Waals surface area contributed by atoms with Gasteiger partial charge in [-0.1, -0.05) is 49.1 Å². The van der Waals surface area contributed by atoms with Gasteiger partial charge in [-0.25, -0.2) is 4.79 Å². The van der Waals surface area contributed by atoms with Crippen molar-refractivity contribution in [3.63, 3.8) is 0 Å². The second kappa shape index (κ2) is 6.60. The normalized spacial score (nSPS) is 17.8. The largest absolute Gasteiger partial charge is 0.335 e. The van der Waals surface area contributed by atoms with E-state index in [2.05, 4.69) is 41.8 Å². The molecule has 0 aliphatic heterocycles. The average Bonchev–Trinajstić information content (AvgIpc) is 2.40. The molecule has 1 aromatic rings. The number of urea groups is 1. The molecule has 0 aromatic heterocycles. The minimum atomic E-state index is -0.0417. The highest BCUT2D eigenvalue weighted by Gasteiger charge is 2.16. The van der Waals surface area contributed by atoms with Crippen LogP contribution in [-0.2, 0) is 0 Å². The standard InChI is InChI=1S/C16H24N2O/c1-12-8-10-14(11-9-12)13(2)17-16(19)18-15-6-4-3-5-7-15/h8-11,13,15H,3-7H2,1-2H3,(H2,17,18,19)/t13-/m0/s1. The molecule has 0 unspecified atom stereocenters. The van der Waals surface area contributed by atoms with E-state index in [1.807, 2.05) is 6.92 Å². The third-order valence-corrected chi connectivity index (χ3v) is 3.87. The number of hydrogen-bond donors (Lipinski definition) is 2. The number of amides is 2. The number of nitrogens with one attached hydrogen (secondary N) is 2. The maximum Gasteiger partial charge on any atom is 0.315 e. The van der Waals surface area contributed by atoms with Crippen LogP contribution in [0.5, 0.6) is 0 Å². The zero-order valence-electron chi connectivity index (χ0n) is 11.9. The lowest BCUT2D eigenvalue weighted by molar-refractivity contribution is 0.229. The highest BCUT2D eigenvalue weighted by Crippen LogP contribution is 2.17. The smallest absolute Gasteiger partial charge is 0.315 e. The molecule has 0 spiro atoms. The van der Waals surface area contributed by atoms with Crippen molar-refractivity contribution >= 4 is 6.03 Å². The predicted molar refractivity (Wildman–Crippen MR) is 78.1 cm³/mol. The molecule has 0 heterocycles. The molecule has 2 amide bonds. The fourth-order valence-electron chi connectivity index (χ4n) is 2.61. The molecular formula is C16H24N2O. The second-order valence-corrected chi connectivity index (χ2v) is 5.59. The van der Waals surface area contributed by atoms with Crippen LogP contribution < -0.4 is 10.6 Å². The molecule has 0 radical (unpaired) electrons. The predicted octanol–water partition coefficient (Wildman–Crippen LogP) is 3.69. The number of carbonyl (C=O) groups is 1. The molecule has 0 bridgehead atoms. The fraction of sp³-hybridized carbons (Fsp3) is 0.562. The van der Waals surface area contributed by atoms with E-state index in [-0.39, 0.29) is 12.1 Å². The van der Waals surface area contributed by atoms with Gasteiger partial charge in [0, 0.05) is 6.04 Å². The Morgan fingerprint density at radius 2 is 1.79 bits per heavy atom. The lowest BCUT2D eigenvalue weighted by atomic mass is 9.96. The first-order valence-electron chi connectivity index (χ1n) is 7.29. The van der Waals surface area contributed by atoms with E-state index in [4.69, 9.17) is 0 Å². The van der Waals surface area contributed by atoms with Crippen LogP contribution in [0.15, 0.2) is 24.3 Å². The van der Waals surface area contributed by atoms with Crippen molar-refractivity contribution in [1.29, 1.82) is 0 Å². The molecule has 2 rings (SSSR count). The van der Waals surface area contributed by atoms with E-state index < -0.39 is 0 Å².